The number of Topliss-reactive ketones (excluding diaryl/α,β-unsaturated/α-hetero) is 1. The molecule has 0 aliphatic carbocycles. The van der Waals surface area contributed by atoms with Crippen molar-refractivity contribution < 1.29 is 9.53 Å². The highest BCUT2D eigenvalue weighted by Crippen LogP contribution is 2.43. The number of ketones is 1. The van der Waals surface area contributed by atoms with E-state index in [0.717, 1.165) is 39.0 Å². The van der Waals surface area contributed by atoms with Gasteiger partial charge in [0.15, 0.2) is 0 Å². The number of ether oxygens (including phenoxy) is 1. The van der Waals surface area contributed by atoms with E-state index in [1.165, 1.54) is 0 Å². The van der Waals surface area contributed by atoms with Gasteiger partial charge in [0.25, 0.3) is 6.23 Å². The number of aryl methyl sites for hydroxylation is 1. The molecule has 0 fully saturated rings. The first-order chi connectivity index (χ1) is 14.1. The second-order valence-electron chi connectivity index (χ2n) is 7.39. The monoisotopic (exact) mass is 446 g/mol. The van der Waals surface area contributed by atoms with Crippen LogP contribution < -0.4 is 4.74 Å². The Kier molecular flexibility index (Phi) is 4.47. The van der Waals surface area contributed by atoms with Crippen molar-refractivity contribution in [2.75, 3.05) is 0 Å². The van der Waals surface area contributed by atoms with Crippen LogP contribution in [0.4, 0.5) is 0 Å². The second kappa shape index (κ2) is 7.16. The maximum atomic E-state index is 13.3. The van der Waals surface area contributed by atoms with E-state index in [9.17, 15) is 4.79 Å². The largest absolute Gasteiger partial charge is 0.461 e. The first-order valence-corrected chi connectivity index (χ1v) is 10.4. The van der Waals surface area contributed by atoms with Gasteiger partial charge in [-0.2, -0.15) is 5.10 Å². The van der Waals surface area contributed by atoms with E-state index < -0.39 is 6.23 Å². The van der Waals surface area contributed by atoms with Gasteiger partial charge in [0.05, 0.1) is 11.8 Å². The average Bonchev–Trinajstić information content (AvgIpc) is 3.19. The van der Waals surface area contributed by atoms with Crippen molar-refractivity contribution in [1.29, 1.82) is 0 Å². The minimum atomic E-state index is -0.773. The molecule has 5 rings (SSSR count). The molecule has 29 heavy (non-hydrogen) atoms. The Morgan fingerprint density at radius 2 is 1.76 bits per heavy atom. The van der Waals surface area contributed by atoms with Crippen LogP contribution in [0, 0.1) is 6.92 Å². The maximum absolute atomic E-state index is 13.3. The van der Waals surface area contributed by atoms with Crippen molar-refractivity contribution in [3.63, 3.8) is 0 Å². The van der Waals surface area contributed by atoms with E-state index in [-0.39, 0.29) is 11.8 Å². The zero-order valence-corrected chi connectivity index (χ0v) is 17.5. The first kappa shape index (κ1) is 18.1. The molecular weight excluding hydrogens is 428 g/mol. The third-order valence-corrected chi connectivity index (χ3v) is 5.97. The Bertz CT molecular complexity index is 1110. The Balaban J connectivity index is 1.55. The topological polar surface area (TPSA) is 41.9 Å². The van der Waals surface area contributed by atoms with Crippen molar-refractivity contribution in [1.82, 2.24) is 5.01 Å². The molecule has 0 saturated carbocycles. The molecular formula is C24H19BrN2O2. The van der Waals surface area contributed by atoms with Crippen LogP contribution in [0.3, 0.4) is 0 Å². The summed E-state index contributed by atoms with van der Waals surface area (Å²) in [5.74, 6) is 0.678. The van der Waals surface area contributed by atoms with Crippen LogP contribution in [0.2, 0.25) is 0 Å². The summed E-state index contributed by atoms with van der Waals surface area (Å²) < 4.78 is 7.18. The highest BCUT2D eigenvalue weighted by Gasteiger charge is 2.43. The van der Waals surface area contributed by atoms with Crippen LogP contribution in [-0.2, 0) is 0 Å². The molecule has 2 aliphatic rings. The number of hydrogen-bond donors (Lipinski definition) is 0. The van der Waals surface area contributed by atoms with Gasteiger partial charge in [-0.25, -0.2) is 5.01 Å². The van der Waals surface area contributed by atoms with Crippen LogP contribution in [0.5, 0.6) is 5.75 Å². The molecule has 0 radical (unpaired) electrons. The van der Waals surface area contributed by atoms with Gasteiger partial charge in [-0.05, 0) is 30.7 Å². The SMILES string of the molecule is Cc1ccc(C(=O)[C@H]2Oc3ccccc3[C@H]3CC(c4ccc(Br)cc4)=NN23)cc1. The second-order valence-corrected chi connectivity index (χ2v) is 8.31. The quantitative estimate of drug-likeness (QED) is 0.498. The standard InChI is InChI=1S/C24H19BrN2O2/c1-15-6-8-17(9-7-15)23(28)24-27-21(19-4-2-3-5-22(19)29-24)14-20(26-27)16-10-12-18(25)13-11-16/h2-13,21,24H,14H2,1H3/t21-,24-/m1/s1. The highest BCUT2D eigenvalue weighted by atomic mass is 79.9. The fourth-order valence-corrected chi connectivity index (χ4v) is 4.15. The third-order valence-electron chi connectivity index (χ3n) is 5.44. The van der Waals surface area contributed by atoms with E-state index in [1.807, 2.05) is 78.7 Å². The predicted molar refractivity (Wildman–Crippen MR) is 116 cm³/mol. The van der Waals surface area contributed by atoms with E-state index in [2.05, 4.69) is 22.0 Å². The normalized spacial score (nSPS) is 19.8. The lowest BCUT2D eigenvalue weighted by Gasteiger charge is -2.37. The Morgan fingerprint density at radius 1 is 1.03 bits per heavy atom. The molecule has 2 heterocycles. The summed E-state index contributed by atoms with van der Waals surface area (Å²) in [5.41, 5.74) is 4.83. The number of carbonyl (C=O) groups excluding carboxylic acids is 1. The molecule has 0 bridgehead atoms. The molecule has 5 heteroatoms. The molecule has 0 spiro atoms. The number of halogens is 1. The van der Waals surface area contributed by atoms with Crippen molar-refractivity contribution in [3.8, 4) is 5.75 Å². The fraction of sp³-hybridized carbons (Fsp3) is 0.167. The van der Waals surface area contributed by atoms with Gasteiger partial charge in [0.2, 0.25) is 5.78 Å². The van der Waals surface area contributed by atoms with E-state index in [1.54, 1.807) is 0 Å². The van der Waals surface area contributed by atoms with Gasteiger partial charge in [-0.1, -0.05) is 76.1 Å². The third kappa shape index (κ3) is 3.25. The molecule has 3 aromatic rings. The summed E-state index contributed by atoms with van der Waals surface area (Å²) in [6.45, 7) is 2.01. The molecule has 3 aromatic carbocycles. The number of para-hydroxylation sites is 1. The van der Waals surface area contributed by atoms with Gasteiger partial charge < -0.3 is 4.74 Å². The Morgan fingerprint density at radius 3 is 2.52 bits per heavy atom. The van der Waals surface area contributed by atoms with Crippen LogP contribution in [0.25, 0.3) is 0 Å². The van der Waals surface area contributed by atoms with Crippen molar-refractivity contribution >= 4 is 27.4 Å². The summed E-state index contributed by atoms with van der Waals surface area (Å²) in [5, 5.41) is 6.68. The minimum Gasteiger partial charge on any atom is -0.461 e. The molecule has 0 N–H and O–H groups in total. The lowest BCUT2D eigenvalue weighted by Crippen LogP contribution is -2.45. The summed E-state index contributed by atoms with van der Waals surface area (Å²) in [7, 11) is 0. The molecule has 0 amide bonds. The van der Waals surface area contributed by atoms with Crippen LogP contribution in [0.1, 0.15) is 39.5 Å². The fourth-order valence-electron chi connectivity index (χ4n) is 3.88. The first-order valence-electron chi connectivity index (χ1n) is 9.58. The summed E-state index contributed by atoms with van der Waals surface area (Å²) in [6, 6.07) is 23.6. The van der Waals surface area contributed by atoms with Crippen LogP contribution >= 0.6 is 15.9 Å². The zero-order valence-electron chi connectivity index (χ0n) is 15.9. The molecule has 2 aliphatic heterocycles. The zero-order chi connectivity index (χ0) is 20.0. The summed E-state index contributed by atoms with van der Waals surface area (Å²) in [6.07, 6.45) is -0.0368. The lowest BCUT2D eigenvalue weighted by molar-refractivity contribution is -0.00455. The molecule has 4 nitrogen and oxygen atoms in total. The van der Waals surface area contributed by atoms with Crippen molar-refractivity contribution in [3.05, 3.63) is 99.5 Å². The van der Waals surface area contributed by atoms with Gasteiger partial charge in [-0.3, -0.25) is 4.79 Å². The number of nitrogens with zero attached hydrogens (tertiary/aromatic N) is 2. The number of carbonyl (C=O) groups is 1. The van der Waals surface area contributed by atoms with Crippen LogP contribution in [-0.4, -0.2) is 22.7 Å². The molecule has 0 saturated heterocycles. The Labute approximate surface area is 177 Å². The van der Waals surface area contributed by atoms with Gasteiger partial charge in [-0.15, -0.1) is 0 Å². The number of rotatable bonds is 3. The minimum absolute atomic E-state index is 0.0157. The Hall–Kier alpha value is -2.92. The number of fused-ring (bicyclic) bond motifs is 3. The lowest BCUT2D eigenvalue weighted by atomic mass is 9.96. The number of hydrogen-bond acceptors (Lipinski definition) is 4. The smallest absolute Gasteiger partial charge is 0.251 e. The molecule has 0 unspecified atom stereocenters. The molecule has 0 aromatic heterocycles. The van der Waals surface area contributed by atoms with Crippen molar-refractivity contribution in [2.24, 2.45) is 5.10 Å². The predicted octanol–water partition coefficient (Wildman–Crippen LogP) is 5.51. The van der Waals surface area contributed by atoms with E-state index in [4.69, 9.17) is 9.84 Å². The molecule has 144 valence electrons. The van der Waals surface area contributed by atoms with Crippen molar-refractivity contribution in [2.45, 2.75) is 25.6 Å². The van der Waals surface area contributed by atoms with Gasteiger partial charge >= 0.3 is 0 Å². The summed E-state index contributed by atoms with van der Waals surface area (Å²) in [4.78, 5) is 13.3. The highest BCUT2D eigenvalue weighted by molar-refractivity contribution is 9.10. The number of benzene rings is 3. The maximum Gasteiger partial charge on any atom is 0.251 e. The van der Waals surface area contributed by atoms with E-state index in [0.29, 0.717) is 5.56 Å². The average molecular weight is 447 g/mol. The molecule has 2 atom stereocenters. The van der Waals surface area contributed by atoms with Gasteiger partial charge in [0, 0.05) is 22.0 Å². The summed E-state index contributed by atoms with van der Waals surface area (Å²) >= 11 is 3.48. The van der Waals surface area contributed by atoms with Gasteiger partial charge in [0.1, 0.15) is 5.75 Å². The number of hydrazone groups is 1. The van der Waals surface area contributed by atoms with Crippen LogP contribution in [0.15, 0.2) is 82.4 Å². The van der Waals surface area contributed by atoms with E-state index >= 15 is 0 Å².